The van der Waals surface area contributed by atoms with Gasteiger partial charge in [0.15, 0.2) is 0 Å². The minimum absolute atomic E-state index is 0.116. The molecule has 4 rings (SSSR count). The van der Waals surface area contributed by atoms with E-state index in [-0.39, 0.29) is 18.7 Å². The number of hydrogen-bond donors (Lipinski definition) is 2. The third kappa shape index (κ3) is 3.65. The van der Waals surface area contributed by atoms with Crippen LogP contribution in [0.3, 0.4) is 0 Å². The van der Waals surface area contributed by atoms with Crippen molar-refractivity contribution in [3.8, 4) is 0 Å². The summed E-state index contributed by atoms with van der Waals surface area (Å²) < 4.78 is 0. The third-order valence-corrected chi connectivity index (χ3v) is 6.58. The highest BCUT2D eigenvalue weighted by Crippen LogP contribution is 2.30. The van der Waals surface area contributed by atoms with Crippen molar-refractivity contribution in [3.05, 3.63) is 34.9 Å². The van der Waals surface area contributed by atoms with E-state index in [0.717, 1.165) is 29.8 Å². The van der Waals surface area contributed by atoms with Crippen molar-refractivity contribution in [2.45, 2.75) is 57.7 Å². The second kappa shape index (κ2) is 8.28. The van der Waals surface area contributed by atoms with E-state index in [1.165, 1.54) is 6.42 Å². The fourth-order valence-corrected chi connectivity index (χ4v) is 5.02. The van der Waals surface area contributed by atoms with Crippen LogP contribution in [0.2, 0.25) is 0 Å². The smallest absolute Gasteiger partial charge is 0.262 e. The largest absolute Gasteiger partial charge is 0.330 e. The number of imide groups is 2. The Balaban J connectivity index is 1.55. The number of nitrogens with two attached hydrogens (primary N) is 1. The van der Waals surface area contributed by atoms with Gasteiger partial charge in [0.1, 0.15) is 6.04 Å². The van der Waals surface area contributed by atoms with Crippen LogP contribution in [0.15, 0.2) is 18.2 Å². The Bertz CT molecular complexity index is 899. The van der Waals surface area contributed by atoms with Crippen LogP contribution in [0, 0.1) is 5.92 Å². The third-order valence-electron chi connectivity index (χ3n) is 6.58. The molecule has 0 aliphatic carbocycles. The number of fused-ring (bicyclic) bond motifs is 1. The molecule has 4 amide bonds. The lowest BCUT2D eigenvalue weighted by atomic mass is 9.88. The standard InChI is InChI=1S/C22H28N4O4/c1-13-3-2-10-25(17(13)8-9-23)12-14-4-5-15-16(11-14)22(30)26(21(15)29)18-6-7-19(27)24-20(18)28/h4-5,11,13,17-18H,2-3,6-10,12,23H2,1H3,(H,24,27,28). The quantitative estimate of drug-likeness (QED) is 0.699. The molecule has 1 aromatic rings. The van der Waals surface area contributed by atoms with Gasteiger partial charge in [0.2, 0.25) is 11.8 Å². The van der Waals surface area contributed by atoms with Crippen molar-refractivity contribution in [1.82, 2.24) is 15.1 Å². The van der Waals surface area contributed by atoms with Gasteiger partial charge >= 0.3 is 0 Å². The summed E-state index contributed by atoms with van der Waals surface area (Å²) in [7, 11) is 0. The van der Waals surface area contributed by atoms with E-state index in [1.807, 2.05) is 6.07 Å². The number of carbonyl (C=O) groups excluding carboxylic acids is 4. The Morgan fingerprint density at radius 3 is 2.60 bits per heavy atom. The summed E-state index contributed by atoms with van der Waals surface area (Å²) in [5.41, 5.74) is 7.45. The molecule has 0 saturated carbocycles. The maximum absolute atomic E-state index is 13.0. The van der Waals surface area contributed by atoms with E-state index in [4.69, 9.17) is 5.73 Å². The summed E-state index contributed by atoms with van der Waals surface area (Å²) in [5, 5.41) is 2.22. The van der Waals surface area contributed by atoms with Crippen molar-refractivity contribution in [2.24, 2.45) is 11.7 Å². The van der Waals surface area contributed by atoms with Crippen molar-refractivity contribution >= 4 is 23.6 Å². The molecule has 8 nitrogen and oxygen atoms in total. The van der Waals surface area contributed by atoms with Crippen molar-refractivity contribution < 1.29 is 19.2 Å². The van der Waals surface area contributed by atoms with E-state index in [0.29, 0.717) is 36.2 Å². The van der Waals surface area contributed by atoms with E-state index in [1.54, 1.807) is 12.1 Å². The zero-order valence-electron chi connectivity index (χ0n) is 17.2. The zero-order valence-corrected chi connectivity index (χ0v) is 17.2. The van der Waals surface area contributed by atoms with Crippen LogP contribution in [0.5, 0.6) is 0 Å². The molecule has 0 aromatic heterocycles. The van der Waals surface area contributed by atoms with E-state index in [9.17, 15) is 19.2 Å². The number of piperidine rings is 2. The molecule has 1 aromatic carbocycles. The minimum atomic E-state index is -0.935. The summed E-state index contributed by atoms with van der Waals surface area (Å²) in [5.74, 6) is -1.32. The van der Waals surface area contributed by atoms with E-state index in [2.05, 4.69) is 17.1 Å². The molecule has 3 heterocycles. The van der Waals surface area contributed by atoms with Gasteiger partial charge in [-0.05, 0) is 62.4 Å². The Labute approximate surface area is 175 Å². The molecule has 2 saturated heterocycles. The van der Waals surface area contributed by atoms with Crippen LogP contribution >= 0.6 is 0 Å². The molecule has 3 unspecified atom stereocenters. The second-order valence-corrected chi connectivity index (χ2v) is 8.56. The van der Waals surface area contributed by atoms with Gasteiger partial charge < -0.3 is 5.73 Å². The predicted molar refractivity (Wildman–Crippen MR) is 109 cm³/mol. The van der Waals surface area contributed by atoms with Gasteiger partial charge in [-0.25, -0.2) is 0 Å². The first-order valence-electron chi connectivity index (χ1n) is 10.7. The maximum Gasteiger partial charge on any atom is 0.262 e. The average Bonchev–Trinajstić information content (AvgIpc) is 2.95. The number of nitrogens with zero attached hydrogens (tertiary/aromatic N) is 2. The monoisotopic (exact) mass is 412 g/mol. The lowest BCUT2D eigenvalue weighted by Gasteiger charge is -2.40. The number of carbonyl (C=O) groups is 4. The first-order valence-corrected chi connectivity index (χ1v) is 10.7. The predicted octanol–water partition coefficient (Wildman–Crippen LogP) is 1.04. The highest BCUT2D eigenvalue weighted by Gasteiger charge is 2.44. The summed E-state index contributed by atoms with van der Waals surface area (Å²) in [6.45, 7) is 4.59. The number of benzene rings is 1. The fraction of sp³-hybridized carbons (Fsp3) is 0.545. The minimum Gasteiger partial charge on any atom is -0.330 e. The fourth-order valence-electron chi connectivity index (χ4n) is 5.02. The normalized spacial score (nSPS) is 27.4. The Morgan fingerprint density at radius 2 is 1.87 bits per heavy atom. The summed E-state index contributed by atoms with van der Waals surface area (Å²) in [6, 6.07) is 4.82. The van der Waals surface area contributed by atoms with Crippen LogP contribution in [0.1, 0.15) is 65.3 Å². The zero-order chi connectivity index (χ0) is 21.4. The first-order chi connectivity index (χ1) is 14.4. The highest BCUT2D eigenvalue weighted by atomic mass is 16.2. The summed E-state index contributed by atoms with van der Waals surface area (Å²) >= 11 is 0. The molecule has 3 N–H and O–H groups in total. The molecule has 3 aliphatic rings. The molecule has 160 valence electrons. The van der Waals surface area contributed by atoms with Crippen LogP contribution < -0.4 is 11.1 Å². The molecule has 0 spiro atoms. The summed E-state index contributed by atoms with van der Waals surface area (Å²) in [4.78, 5) is 52.9. The van der Waals surface area contributed by atoms with Crippen LogP contribution in [0.25, 0.3) is 0 Å². The SMILES string of the molecule is CC1CCCN(Cc2ccc3c(c2)C(=O)N(C2CCC(=O)NC2=O)C3=O)C1CCN. The van der Waals surface area contributed by atoms with Crippen molar-refractivity contribution in [3.63, 3.8) is 0 Å². The molecule has 8 heteroatoms. The second-order valence-electron chi connectivity index (χ2n) is 8.56. The lowest BCUT2D eigenvalue weighted by molar-refractivity contribution is -0.136. The van der Waals surface area contributed by atoms with Gasteiger partial charge in [0, 0.05) is 19.0 Å². The molecule has 0 radical (unpaired) electrons. The lowest BCUT2D eigenvalue weighted by Crippen LogP contribution is -2.54. The Kier molecular flexibility index (Phi) is 5.71. The molecule has 3 atom stereocenters. The molecular formula is C22H28N4O4. The number of rotatable bonds is 5. The topological polar surface area (TPSA) is 113 Å². The van der Waals surface area contributed by atoms with Crippen LogP contribution in [0.4, 0.5) is 0 Å². The van der Waals surface area contributed by atoms with E-state index >= 15 is 0 Å². The first kappa shape index (κ1) is 20.7. The maximum atomic E-state index is 13.0. The van der Waals surface area contributed by atoms with Gasteiger partial charge in [-0.2, -0.15) is 0 Å². The molecule has 2 fully saturated rings. The van der Waals surface area contributed by atoms with Crippen molar-refractivity contribution in [2.75, 3.05) is 13.1 Å². The highest BCUT2D eigenvalue weighted by molar-refractivity contribution is 6.23. The molecule has 30 heavy (non-hydrogen) atoms. The van der Waals surface area contributed by atoms with Crippen molar-refractivity contribution in [1.29, 1.82) is 0 Å². The molecule has 3 aliphatic heterocycles. The average molecular weight is 412 g/mol. The Morgan fingerprint density at radius 1 is 1.10 bits per heavy atom. The number of amides is 4. The molecular weight excluding hydrogens is 384 g/mol. The van der Waals surface area contributed by atoms with Crippen LogP contribution in [-0.4, -0.2) is 58.6 Å². The van der Waals surface area contributed by atoms with Gasteiger partial charge in [-0.15, -0.1) is 0 Å². The Hall–Kier alpha value is -2.58. The number of nitrogens with one attached hydrogen (secondary N) is 1. The van der Waals surface area contributed by atoms with E-state index < -0.39 is 23.8 Å². The van der Waals surface area contributed by atoms with Gasteiger partial charge in [0.25, 0.3) is 11.8 Å². The van der Waals surface area contributed by atoms with Gasteiger partial charge in [-0.3, -0.25) is 34.3 Å². The van der Waals surface area contributed by atoms with Gasteiger partial charge in [-0.1, -0.05) is 13.0 Å². The number of hydrogen-bond acceptors (Lipinski definition) is 6. The number of likely N-dealkylation sites (tertiary alicyclic amines) is 1. The summed E-state index contributed by atoms with van der Waals surface area (Å²) in [6.07, 6.45) is 3.54. The van der Waals surface area contributed by atoms with Crippen LogP contribution in [-0.2, 0) is 16.1 Å². The molecule has 0 bridgehead atoms. The van der Waals surface area contributed by atoms with Gasteiger partial charge in [0.05, 0.1) is 11.1 Å².